The number of rotatable bonds is 5. The van der Waals surface area contributed by atoms with Gasteiger partial charge in [0, 0.05) is 12.4 Å². The van der Waals surface area contributed by atoms with Gasteiger partial charge in [-0.25, -0.2) is 4.68 Å². The Bertz CT molecular complexity index is 1020. The highest BCUT2D eigenvalue weighted by molar-refractivity contribution is 5.44. The maximum Gasteiger partial charge on any atom is 0.175 e. The fourth-order valence-electron chi connectivity index (χ4n) is 2.94. The minimum absolute atomic E-state index is 0.113. The van der Waals surface area contributed by atoms with Crippen LogP contribution in [0.3, 0.4) is 0 Å². The summed E-state index contributed by atoms with van der Waals surface area (Å²) in [5.41, 5.74) is 4.19. The van der Waals surface area contributed by atoms with Gasteiger partial charge in [0.25, 0.3) is 0 Å². The molecule has 1 aromatic carbocycles. The number of anilines is 1. The van der Waals surface area contributed by atoms with Crippen LogP contribution in [0.5, 0.6) is 0 Å². The molecule has 0 spiro atoms. The van der Waals surface area contributed by atoms with E-state index in [0.717, 1.165) is 17.0 Å². The van der Waals surface area contributed by atoms with Crippen LogP contribution in [-0.2, 0) is 0 Å². The number of hydrogen-bond acceptors (Lipinski definition) is 5. The second-order valence-corrected chi connectivity index (χ2v) is 6.42. The fourth-order valence-corrected chi connectivity index (χ4v) is 2.94. The van der Waals surface area contributed by atoms with Gasteiger partial charge < -0.3 is 5.32 Å². The van der Waals surface area contributed by atoms with Crippen LogP contribution in [0.2, 0.25) is 0 Å². The number of hydrogen-bond donors (Lipinski definition) is 1. The smallest absolute Gasteiger partial charge is 0.175 e. The van der Waals surface area contributed by atoms with Crippen molar-refractivity contribution < 1.29 is 0 Å². The molecule has 6 heteroatoms. The molecule has 0 aliphatic heterocycles. The quantitative estimate of drug-likeness (QED) is 0.588. The van der Waals surface area contributed by atoms with Crippen LogP contribution in [0.25, 0.3) is 5.82 Å². The maximum atomic E-state index is 4.52. The zero-order chi connectivity index (χ0) is 18.6. The van der Waals surface area contributed by atoms with Crippen LogP contribution in [0.4, 0.5) is 5.82 Å². The zero-order valence-electron chi connectivity index (χ0n) is 15.2. The topological polar surface area (TPSA) is 68.5 Å². The van der Waals surface area contributed by atoms with E-state index in [1.165, 1.54) is 5.56 Å². The van der Waals surface area contributed by atoms with Crippen molar-refractivity contribution in [2.75, 3.05) is 5.32 Å². The predicted octanol–water partition coefficient (Wildman–Crippen LogP) is 3.88. The van der Waals surface area contributed by atoms with Crippen LogP contribution in [0, 0.1) is 13.8 Å². The molecule has 0 saturated heterocycles. The van der Waals surface area contributed by atoms with Gasteiger partial charge in [-0.15, -0.1) is 10.2 Å². The fraction of sp³-hybridized carbons (Fsp3) is 0.143. The Labute approximate surface area is 157 Å². The van der Waals surface area contributed by atoms with Gasteiger partial charge in [0.05, 0.1) is 17.4 Å². The molecule has 3 aromatic heterocycles. The summed E-state index contributed by atoms with van der Waals surface area (Å²) in [6, 6.07) is 19.9. The number of aromatic nitrogens is 5. The Hall–Kier alpha value is -3.54. The third-order valence-corrected chi connectivity index (χ3v) is 4.26. The van der Waals surface area contributed by atoms with Crippen LogP contribution in [-0.4, -0.2) is 25.0 Å². The molecule has 0 fully saturated rings. The highest BCUT2D eigenvalue weighted by atomic mass is 15.3. The molecule has 1 N–H and O–H groups in total. The molecule has 0 amide bonds. The van der Waals surface area contributed by atoms with Crippen molar-refractivity contribution in [1.82, 2.24) is 25.0 Å². The van der Waals surface area contributed by atoms with Crippen molar-refractivity contribution in [1.29, 1.82) is 0 Å². The lowest BCUT2D eigenvalue weighted by atomic mass is 10.0. The number of aryl methyl sites for hydroxylation is 2. The molecule has 1 unspecified atom stereocenters. The van der Waals surface area contributed by atoms with Gasteiger partial charge in [0.1, 0.15) is 5.82 Å². The molecule has 0 bridgehead atoms. The van der Waals surface area contributed by atoms with E-state index >= 15 is 0 Å². The monoisotopic (exact) mass is 356 g/mol. The first-order valence-electron chi connectivity index (χ1n) is 8.79. The zero-order valence-corrected chi connectivity index (χ0v) is 15.2. The first-order valence-corrected chi connectivity index (χ1v) is 8.79. The van der Waals surface area contributed by atoms with E-state index in [-0.39, 0.29) is 6.04 Å². The summed E-state index contributed by atoms with van der Waals surface area (Å²) in [5, 5.41) is 16.4. The number of benzene rings is 1. The summed E-state index contributed by atoms with van der Waals surface area (Å²) >= 11 is 0. The third kappa shape index (κ3) is 3.84. The molecule has 0 aliphatic rings. The van der Waals surface area contributed by atoms with E-state index in [2.05, 4.69) is 56.8 Å². The number of nitrogens with zero attached hydrogens (tertiary/aromatic N) is 5. The van der Waals surface area contributed by atoms with E-state index in [9.17, 15) is 0 Å². The van der Waals surface area contributed by atoms with Crippen LogP contribution >= 0.6 is 0 Å². The van der Waals surface area contributed by atoms with Gasteiger partial charge in [-0.1, -0.05) is 35.9 Å². The molecule has 0 saturated carbocycles. The van der Waals surface area contributed by atoms with Gasteiger partial charge in [-0.3, -0.25) is 4.98 Å². The lowest BCUT2D eigenvalue weighted by molar-refractivity contribution is 0.797. The molecule has 6 nitrogen and oxygen atoms in total. The summed E-state index contributed by atoms with van der Waals surface area (Å²) in [5.74, 6) is 1.36. The second kappa shape index (κ2) is 7.37. The van der Waals surface area contributed by atoms with E-state index in [4.69, 9.17) is 0 Å². The Kier molecular flexibility index (Phi) is 4.61. The second-order valence-electron chi connectivity index (χ2n) is 6.42. The van der Waals surface area contributed by atoms with Crippen molar-refractivity contribution in [2.45, 2.75) is 19.9 Å². The molecule has 0 radical (unpaired) electrons. The minimum Gasteiger partial charge on any atom is -0.356 e. The number of nitrogens with one attached hydrogen (secondary N) is 1. The highest BCUT2D eigenvalue weighted by Gasteiger charge is 2.16. The Balaban J connectivity index is 1.63. The molecular weight excluding hydrogens is 336 g/mol. The lowest BCUT2D eigenvalue weighted by Crippen LogP contribution is -2.15. The van der Waals surface area contributed by atoms with E-state index < -0.39 is 0 Å². The van der Waals surface area contributed by atoms with Crippen LogP contribution in [0.1, 0.15) is 28.6 Å². The van der Waals surface area contributed by atoms with Gasteiger partial charge in [0.2, 0.25) is 0 Å². The van der Waals surface area contributed by atoms with Crippen LogP contribution < -0.4 is 5.32 Å². The summed E-state index contributed by atoms with van der Waals surface area (Å²) in [6.45, 7) is 4.03. The summed E-state index contributed by atoms with van der Waals surface area (Å²) in [7, 11) is 0. The average molecular weight is 356 g/mol. The largest absolute Gasteiger partial charge is 0.356 e. The maximum absolute atomic E-state index is 4.52. The third-order valence-electron chi connectivity index (χ3n) is 4.26. The number of pyridine rings is 1. The van der Waals surface area contributed by atoms with Gasteiger partial charge in [0.15, 0.2) is 5.82 Å². The van der Waals surface area contributed by atoms with Gasteiger partial charge >= 0.3 is 0 Å². The standard InChI is InChI=1S/C21H20N6/c1-15-6-5-7-17(14-15)21(18-8-3-4-12-22-18)23-19-9-10-20(25-24-19)27-13-11-16(2)26-27/h3-14,21H,1-2H3,(H,23,24). The minimum atomic E-state index is -0.113. The van der Waals surface area contributed by atoms with Gasteiger partial charge in [-0.05, 0) is 49.7 Å². The van der Waals surface area contributed by atoms with Crippen molar-refractivity contribution in [2.24, 2.45) is 0 Å². The van der Waals surface area contributed by atoms with Crippen LogP contribution in [0.15, 0.2) is 73.1 Å². The Morgan fingerprint density at radius 2 is 1.85 bits per heavy atom. The normalized spacial score (nSPS) is 11.9. The van der Waals surface area contributed by atoms with Crippen molar-refractivity contribution >= 4 is 5.82 Å². The predicted molar refractivity (Wildman–Crippen MR) is 105 cm³/mol. The molecule has 1 atom stereocenters. The SMILES string of the molecule is Cc1cccc(C(Nc2ccc(-n3ccc(C)n3)nn2)c2ccccn2)c1. The lowest BCUT2D eigenvalue weighted by Gasteiger charge is -2.19. The molecule has 3 heterocycles. The summed E-state index contributed by atoms with van der Waals surface area (Å²) < 4.78 is 1.71. The van der Waals surface area contributed by atoms with Crippen molar-refractivity contribution in [3.05, 3.63) is 95.6 Å². The highest BCUT2D eigenvalue weighted by Crippen LogP contribution is 2.25. The summed E-state index contributed by atoms with van der Waals surface area (Å²) in [4.78, 5) is 4.52. The molecule has 4 aromatic rings. The Morgan fingerprint density at radius 3 is 2.52 bits per heavy atom. The first-order chi connectivity index (χ1) is 13.2. The van der Waals surface area contributed by atoms with Crippen molar-refractivity contribution in [3.8, 4) is 5.82 Å². The van der Waals surface area contributed by atoms with E-state index in [1.54, 1.807) is 10.9 Å². The Morgan fingerprint density at radius 1 is 0.926 bits per heavy atom. The van der Waals surface area contributed by atoms with Crippen molar-refractivity contribution in [3.63, 3.8) is 0 Å². The molecule has 0 aliphatic carbocycles. The van der Waals surface area contributed by atoms with E-state index in [1.807, 2.05) is 49.5 Å². The molecule has 134 valence electrons. The molecular formula is C21H20N6. The first kappa shape index (κ1) is 16.9. The average Bonchev–Trinajstić information content (AvgIpc) is 3.13. The molecule has 27 heavy (non-hydrogen) atoms. The summed E-state index contributed by atoms with van der Waals surface area (Å²) in [6.07, 6.45) is 3.67. The van der Waals surface area contributed by atoms with Gasteiger partial charge in [-0.2, -0.15) is 5.10 Å². The van der Waals surface area contributed by atoms with E-state index in [0.29, 0.717) is 11.6 Å². The molecule has 4 rings (SSSR count).